The molecule has 1 aliphatic rings. The third-order valence-corrected chi connectivity index (χ3v) is 6.63. The highest BCUT2D eigenvalue weighted by Gasteiger charge is 2.44. The molecule has 4 rings (SSSR count). The van der Waals surface area contributed by atoms with Crippen LogP contribution >= 0.6 is 0 Å². The molecular weight excluding hydrogens is 430 g/mol. The largest absolute Gasteiger partial charge is 0.480 e. The number of aryl methyl sites for hydroxylation is 1. The summed E-state index contributed by atoms with van der Waals surface area (Å²) in [5.41, 5.74) is 2.38. The summed E-state index contributed by atoms with van der Waals surface area (Å²) in [6.45, 7) is 9.98. The van der Waals surface area contributed by atoms with Crippen molar-refractivity contribution in [2.24, 2.45) is 11.3 Å². The number of hydrogen-bond donors (Lipinski definition) is 1. The zero-order valence-electron chi connectivity index (χ0n) is 20.3. The van der Waals surface area contributed by atoms with Gasteiger partial charge in [-0.3, -0.25) is 4.79 Å². The van der Waals surface area contributed by atoms with Crippen molar-refractivity contribution in [3.8, 4) is 17.3 Å². The Bertz CT molecular complexity index is 1220. The molecule has 0 aliphatic carbocycles. The molecule has 0 saturated carbocycles. The zero-order chi connectivity index (χ0) is 24.6. The number of fused-ring (bicyclic) bond motifs is 1. The van der Waals surface area contributed by atoms with Crippen LogP contribution in [0.15, 0.2) is 48.5 Å². The van der Waals surface area contributed by atoms with Crippen LogP contribution < -0.4 is 4.74 Å². The molecule has 2 aromatic carbocycles. The van der Waals surface area contributed by atoms with Gasteiger partial charge in [0.05, 0.1) is 17.4 Å². The van der Waals surface area contributed by atoms with Crippen molar-refractivity contribution in [1.82, 2.24) is 14.9 Å². The van der Waals surface area contributed by atoms with E-state index >= 15 is 0 Å². The Morgan fingerprint density at radius 2 is 1.82 bits per heavy atom. The first-order chi connectivity index (χ1) is 16.0. The van der Waals surface area contributed by atoms with E-state index in [1.54, 1.807) is 0 Å². The molecule has 1 amide bonds. The van der Waals surface area contributed by atoms with Gasteiger partial charge < -0.3 is 14.7 Å². The maximum absolute atomic E-state index is 13.2. The number of carbonyl (C=O) groups excluding carboxylic acids is 1. The van der Waals surface area contributed by atoms with Gasteiger partial charge in [0, 0.05) is 17.9 Å². The quantitative estimate of drug-likeness (QED) is 0.591. The fourth-order valence-electron chi connectivity index (χ4n) is 4.16. The lowest BCUT2D eigenvalue weighted by atomic mass is 9.81. The fraction of sp³-hybridized carbons (Fsp3) is 0.407. The molecule has 7 heteroatoms. The molecule has 178 valence electrons. The summed E-state index contributed by atoms with van der Waals surface area (Å²) in [6, 6.07) is 14.6. The highest BCUT2D eigenvalue weighted by molar-refractivity contribution is 5.87. The lowest BCUT2D eigenvalue weighted by Gasteiger charge is -2.31. The Kier molecular flexibility index (Phi) is 6.30. The summed E-state index contributed by atoms with van der Waals surface area (Å²) in [4.78, 5) is 36.1. The van der Waals surface area contributed by atoms with Gasteiger partial charge in [-0.25, -0.2) is 9.78 Å². The van der Waals surface area contributed by atoms with Gasteiger partial charge in [0.15, 0.2) is 5.82 Å². The van der Waals surface area contributed by atoms with Gasteiger partial charge in [-0.15, -0.1) is 0 Å². The van der Waals surface area contributed by atoms with Gasteiger partial charge in [0.25, 0.3) is 0 Å². The molecule has 1 fully saturated rings. The average molecular weight is 462 g/mol. The number of benzene rings is 2. The van der Waals surface area contributed by atoms with Crippen molar-refractivity contribution >= 4 is 22.8 Å². The fourth-order valence-corrected chi connectivity index (χ4v) is 4.16. The first-order valence-corrected chi connectivity index (χ1v) is 11.6. The van der Waals surface area contributed by atoms with E-state index in [1.807, 2.05) is 83.1 Å². The van der Waals surface area contributed by atoms with Crippen LogP contribution in [0.4, 0.5) is 0 Å². The number of ether oxygens (including phenoxy) is 1. The second kappa shape index (κ2) is 9.05. The minimum atomic E-state index is -1.02. The maximum atomic E-state index is 13.2. The van der Waals surface area contributed by atoms with Crippen LogP contribution in [-0.2, 0) is 9.59 Å². The Morgan fingerprint density at radius 1 is 1.12 bits per heavy atom. The summed E-state index contributed by atoms with van der Waals surface area (Å²) in [7, 11) is 0. The van der Waals surface area contributed by atoms with Crippen LogP contribution in [0.2, 0.25) is 0 Å². The molecular formula is C27H31N3O4. The van der Waals surface area contributed by atoms with Crippen LogP contribution in [0.1, 0.15) is 39.7 Å². The number of amides is 1. The normalized spacial score (nSPS) is 19.3. The Hall–Kier alpha value is -3.48. The van der Waals surface area contributed by atoms with E-state index in [2.05, 4.69) is 0 Å². The lowest BCUT2D eigenvalue weighted by molar-refractivity contribution is -0.151. The van der Waals surface area contributed by atoms with Crippen molar-refractivity contribution in [2.75, 3.05) is 6.54 Å². The van der Waals surface area contributed by atoms with Crippen molar-refractivity contribution in [3.63, 3.8) is 0 Å². The van der Waals surface area contributed by atoms with E-state index in [0.717, 1.165) is 22.0 Å². The van der Waals surface area contributed by atoms with E-state index < -0.39 is 18.1 Å². The lowest BCUT2D eigenvalue weighted by Crippen LogP contribution is -2.45. The predicted molar refractivity (Wildman–Crippen MR) is 130 cm³/mol. The first kappa shape index (κ1) is 23.7. The summed E-state index contributed by atoms with van der Waals surface area (Å²) >= 11 is 0. The second-order valence-electron chi connectivity index (χ2n) is 10.1. The molecule has 1 N–H and O–H groups in total. The number of rotatable bonds is 5. The number of carboxylic acids is 1. The molecule has 1 aliphatic heterocycles. The molecule has 1 saturated heterocycles. The van der Waals surface area contributed by atoms with Crippen molar-refractivity contribution in [3.05, 3.63) is 54.1 Å². The molecule has 2 heterocycles. The van der Waals surface area contributed by atoms with Crippen LogP contribution in [-0.4, -0.2) is 50.5 Å². The van der Waals surface area contributed by atoms with Crippen LogP contribution in [0.5, 0.6) is 5.88 Å². The maximum Gasteiger partial charge on any atom is 0.326 e. The third kappa shape index (κ3) is 4.74. The number of carbonyl (C=O) groups is 2. The Morgan fingerprint density at radius 3 is 2.47 bits per heavy atom. The third-order valence-electron chi connectivity index (χ3n) is 6.63. The molecule has 2 unspecified atom stereocenters. The molecule has 3 atom stereocenters. The van der Waals surface area contributed by atoms with E-state index in [4.69, 9.17) is 14.7 Å². The van der Waals surface area contributed by atoms with Crippen LogP contribution in [0.3, 0.4) is 0 Å². The summed E-state index contributed by atoms with van der Waals surface area (Å²) < 4.78 is 6.32. The van der Waals surface area contributed by atoms with E-state index in [0.29, 0.717) is 11.7 Å². The minimum absolute atomic E-state index is 0.167. The topological polar surface area (TPSA) is 92.6 Å². The summed E-state index contributed by atoms with van der Waals surface area (Å²) in [5.74, 6) is -0.567. The van der Waals surface area contributed by atoms with Gasteiger partial charge in [-0.05, 0) is 24.5 Å². The number of nitrogens with zero attached hydrogens (tertiary/aromatic N) is 3. The zero-order valence-corrected chi connectivity index (χ0v) is 20.3. The van der Waals surface area contributed by atoms with Gasteiger partial charge in [-0.1, -0.05) is 69.7 Å². The number of aliphatic carboxylic acids is 1. The monoisotopic (exact) mass is 461 g/mol. The number of carboxylic acid groups (broad SMARTS) is 1. The molecule has 3 aromatic rings. The highest BCUT2D eigenvalue weighted by atomic mass is 16.5. The summed E-state index contributed by atoms with van der Waals surface area (Å²) in [6.07, 6.45) is -0.282. The minimum Gasteiger partial charge on any atom is -0.480 e. The van der Waals surface area contributed by atoms with Crippen LogP contribution in [0.25, 0.3) is 22.3 Å². The number of hydrogen-bond acceptors (Lipinski definition) is 5. The van der Waals surface area contributed by atoms with Crippen molar-refractivity contribution < 1.29 is 19.4 Å². The highest BCUT2D eigenvalue weighted by Crippen LogP contribution is 2.33. The number of likely N-dealkylation sites (tertiary alicyclic amines) is 1. The van der Waals surface area contributed by atoms with E-state index in [-0.39, 0.29) is 30.2 Å². The first-order valence-electron chi connectivity index (χ1n) is 11.6. The van der Waals surface area contributed by atoms with Crippen molar-refractivity contribution in [1.29, 1.82) is 0 Å². The summed E-state index contributed by atoms with van der Waals surface area (Å²) in [5, 5.41) is 10.6. The Balaban J connectivity index is 1.68. The molecule has 1 aromatic heterocycles. The second-order valence-corrected chi connectivity index (χ2v) is 10.1. The van der Waals surface area contributed by atoms with E-state index in [9.17, 15) is 14.7 Å². The smallest absolute Gasteiger partial charge is 0.326 e. The molecule has 0 spiro atoms. The molecule has 7 nitrogen and oxygen atoms in total. The SMILES string of the molecule is Cc1ccc2nc(-c3ccccc3)nc(OC3CC(C(=O)O)N(C(=O)[C@@H](C)C(C)(C)C)C3)c2c1. The van der Waals surface area contributed by atoms with Gasteiger partial charge >= 0.3 is 5.97 Å². The van der Waals surface area contributed by atoms with Crippen molar-refractivity contribution in [2.45, 2.75) is 53.2 Å². The standard InChI is InChI=1S/C27H31N3O4/c1-16-11-12-21-20(13-16)24(29-23(28-21)18-9-7-6-8-10-18)34-19-14-22(26(32)33)30(15-19)25(31)17(2)27(3,4)5/h6-13,17,19,22H,14-15H2,1-5H3,(H,32,33)/t17-,19?,22?/m1/s1. The molecule has 0 bridgehead atoms. The Labute approximate surface area is 199 Å². The van der Waals surface area contributed by atoms with Gasteiger partial charge in [0.2, 0.25) is 11.8 Å². The molecule has 34 heavy (non-hydrogen) atoms. The van der Waals surface area contributed by atoms with Gasteiger partial charge in [0.1, 0.15) is 12.1 Å². The predicted octanol–water partition coefficient (Wildman–Crippen LogP) is 4.72. The van der Waals surface area contributed by atoms with Gasteiger partial charge in [-0.2, -0.15) is 4.98 Å². The average Bonchev–Trinajstić information content (AvgIpc) is 3.22. The van der Waals surface area contributed by atoms with E-state index in [1.165, 1.54) is 4.90 Å². The molecule has 0 radical (unpaired) electrons. The van der Waals surface area contributed by atoms with Crippen LogP contribution in [0, 0.1) is 18.3 Å². The number of aromatic nitrogens is 2.